The predicted octanol–water partition coefficient (Wildman–Crippen LogP) is 1.92. The van der Waals surface area contributed by atoms with E-state index in [1.165, 1.54) is 0 Å². The smallest absolute Gasteiger partial charge is 0.228 e. The van der Waals surface area contributed by atoms with Crippen LogP contribution in [0, 0.1) is 0 Å². The number of carbonyl (C=O) groups is 2. The van der Waals surface area contributed by atoms with E-state index in [-0.39, 0.29) is 24.7 Å². The number of nitrogens with zero attached hydrogens (tertiary/aromatic N) is 1. The van der Waals surface area contributed by atoms with Gasteiger partial charge in [-0.1, -0.05) is 38.1 Å². The fourth-order valence-corrected chi connectivity index (χ4v) is 4.04. The molecular weight excluding hydrogens is 332 g/mol. The lowest BCUT2D eigenvalue weighted by molar-refractivity contribution is -0.137. The maximum absolute atomic E-state index is 12.5. The first kappa shape index (κ1) is 18.9. The molecule has 1 aromatic rings. The van der Waals surface area contributed by atoms with Crippen LogP contribution in [0.15, 0.2) is 24.3 Å². The third kappa shape index (κ3) is 3.62. The molecule has 1 aromatic carbocycles. The summed E-state index contributed by atoms with van der Waals surface area (Å²) in [6, 6.07) is 8.04. The zero-order valence-corrected chi connectivity index (χ0v) is 15.6. The highest BCUT2D eigenvalue weighted by molar-refractivity contribution is 5.88. The van der Waals surface area contributed by atoms with E-state index in [0.717, 1.165) is 11.1 Å². The van der Waals surface area contributed by atoms with Gasteiger partial charge in [0.25, 0.3) is 0 Å². The highest BCUT2D eigenvalue weighted by Crippen LogP contribution is 2.39. The van der Waals surface area contributed by atoms with Gasteiger partial charge in [0.2, 0.25) is 11.8 Å². The number of nitrogens with two attached hydrogens (primary N) is 1. The third-order valence-electron chi connectivity index (χ3n) is 5.63. The Morgan fingerprint density at radius 1 is 1.27 bits per heavy atom. The molecule has 0 bridgehead atoms. The van der Waals surface area contributed by atoms with Crippen molar-refractivity contribution in [1.82, 2.24) is 4.90 Å². The molecule has 2 N–H and O–H groups in total. The minimum atomic E-state index is -0.704. The van der Waals surface area contributed by atoms with Crippen LogP contribution in [-0.4, -0.2) is 49.3 Å². The molecule has 6 heteroatoms. The largest absolute Gasteiger partial charge is 0.369 e. The minimum absolute atomic E-state index is 0.0516. The molecule has 0 saturated carbocycles. The van der Waals surface area contributed by atoms with E-state index in [2.05, 4.69) is 19.9 Å². The second-order valence-electron chi connectivity index (χ2n) is 7.55. The maximum Gasteiger partial charge on any atom is 0.228 e. The molecule has 0 aliphatic carbocycles. The summed E-state index contributed by atoms with van der Waals surface area (Å²) in [4.78, 5) is 26.8. The Morgan fingerprint density at radius 3 is 2.54 bits per heavy atom. The first-order valence-corrected chi connectivity index (χ1v) is 9.30. The van der Waals surface area contributed by atoms with E-state index in [1.807, 2.05) is 23.1 Å². The predicted molar refractivity (Wildman–Crippen MR) is 97.5 cm³/mol. The Labute approximate surface area is 154 Å². The lowest BCUT2D eigenvalue weighted by atomic mass is 9.69. The molecule has 1 atom stereocenters. The number of hydrogen-bond acceptors (Lipinski definition) is 4. The van der Waals surface area contributed by atoms with Crippen molar-refractivity contribution < 1.29 is 19.1 Å². The summed E-state index contributed by atoms with van der Waals surface area (Å²) in [5.41, 5.74) is 7.35. The lowest BCUT2D eigenvalue weighted by Gasteiger charge is -2.41. The maximum atomic E-state index is 12.5. The topological polar surface area (TPSA) is 81.9 Å². The first-order chi connectivity index (χ1) is 12.4. The van der Waals surface area contributed by atoms with Crippen LogP contribution in [0.25, 0.3) is 0 Å². The Morgan fingerprint density at radius 2 is 1.96 bits per heavy atom. The molecule has 2 heterocycles. The fraction of sp³-hybridized carbons (Fsp3) is 0.600. The SMILES string of the molecule is CC(C)c1ccccc1C1(C(N)=O)CCN(C(=O)CC2COCO2)CC1. The van der Waals surface area contributed by atoms with Gasteiger partial charge in [0.05, 0.1) is 24.5 Å². The number of hydrogen-bond donors (Lipinski definition) is 1. The minimum Gasteiger partial charge on any atom is -0.369 e. The highest BCUT2D eigenvalue weighted by atomic mass is 16.7. The van der Waals surface area contributed by atoms with Crippen molar-refractivity contribution >= 4 is 11.8 Å². The van der Waals surface area contributed by atoms with E-state index in [0.29, 0.717) is 44.9 Å². The average Bonchev–Trinajstić information content (AvgIpc) is 3.14. The lowest BCUT2D eigenvalue weighted by Crippen LogP contribution is -2.52. The second kappa shape index (κ2) is 7.76. The quantitative estimate of drug-likeness (QED) is 0.870. The Bertz CT molecular complexity index is 660. The summed E-state index contributed by atoms with van der Waals surface area (Å²) >= 11 is 0. The van der Waals surface area contributed by atoms with Gasteiger partial charge in [0.15, 0.2) is 0 Å². The molecule has 26 heavy (non-hydrogen) atoms. The third-order valence-corrected chi connectivity index (χ3v) is 5.63. The molecular formula is C20H28N2O4. The molecule has 2 saturated heterocycles. The van der Waals surface area contributed by atoms with Crippen LogP contribution < -0.4 is 5.73 Å². The second-order valence-corrected chi connectivity index (χ2v) is 7.55. The van der Waals surface area contributed by atoms with Crippen molar-refractivity contribution in [2.24, 2.45) is 5.73 Å². The molecule has 2 aliphatic heterocycles. The Kier molecular flexibility index (Phi) is 5.63. The summed E-state index contributed by atoms with van der Waals surface area (Å²) in [6.07, 6.45) is 1.28. The van der Waals surface area contributed by atoms with Crippen LogP contribution >= 0.6 is 0 Å². The van der Waals surface area contributed by atoms with Gasteiger partial charge in [-0.3, -0.25) is 9.59 Å². The normalized spacial score (nSPS) is 22.6. The van der Waals surface area contributed by atoms with Gasteiger partial charge in [0, 0.05) is 13.1 Å². The summed E-state index contributed by atoms with van der Waals surface area (Å²) in [7, 11) is 0. The number of amides is 2. The molecule has 2 amide bonds. The standard InChI is InChI=1S/C20H28N2O4/c1-14(2)16-5-3-4-6-17(16)20(19(21)24)7-9-22(10-8-20)18(23)11-15-12-25-13-26-15/h3-6,14-15H,7-13H2,1-2H3,(H2,21,24). The van der Waals surface area contributed by atoms with Gasteiger partial charge in [-0.15, -0.1) is 0 Å². The van der Waals surface area contributed by atoms with Crippen molar-refractivity contribution in [3.63, 3.8) is 0 Å². The molecule has 0 radical (unpaired) electrons. The van der Waals surface area contributed by atoms with Crippen molar-refractivity contribution in [3.8, 4) is 0 Å². The molecule has 2 aliphatic rings. The van der Waals surface area contributed by atoms with Gasteiger partial charge < -0.3 is 20.1 Å². The molecule has 3 rings (SSSR count). The molecule has 2 fully saturated rings. The Balaban J connectivity index is 1.75. The zero-order valence-electron chi connectivity index (χ0n) is 15.6. The fourth-order valence-electron chi connectivity index (χ4n) is 4.04. The van der Waals surface area contributed by atoms with Gasteiger partial charge >= 0.3 is 0 Å². The number of likely N-dealkylation sites (tertiary alicyclic amines) is 1. The van der Waals surface area contributed by atoms with Crippen LogP contribution in [0.3, 0.4) is 0 Å². The van der Waals surface area contributed by atoms with E-state index in [9.17, 15) is 9.59 Å². The van der Waals surface area contributed by atoms with Crippen molar-refractivity contribution in [3.05, 3.63) is 35.4 Å². The Hall–Kier alpha value is -1.92. The number of piperidine rings is 1. The van der Waals surface area contributed by atoms with E-state index < -0.39 is 5.41 Å². The number of rotatable bonds is 5. The summed E-state index contributed by atoms with van der Waals surface area (Å²) < 4.78 is 10.5. The zero-order chi connectivity index (χ0) is 18.7. The van der Waals surface area contributed by atoms with E-state index >= 15 is 0 Å². The van der Waals surface area contributed by atoms with Crippen molar-refractivity contribution in [2.75, 3.05) is 26.5 Å². The van der Waals surface area contributed by atoms with Crippen molar-refractivity contribution in [1.29, 1.82) is 0 Å². The number of benzene rings is 1. The molecule has 0 aromatic heterocycles. The molecule has 142 valence electrons. The average molecular weight is 360 g/mol. The van der Waals surface area contributed by atoms with Crippen LogP contribution in [0.1, 0.15) is 50.2 Å². The molecule has 0 spiro atoms. The van der Waals surface area contributed by atoms with Crippen LogP contribution in [-0.2, 0) is 24.5 Å². The van der Waals surface area contributed by atoms with E-state index in [1.54, 1.807) is 0 Å². The number of ether oxygens (including phenoxy) is 2. The molecule has 1 unspecified atom stereocenters. The van der Waals surface area contributed by atoms with Gasteiger partial charge in [-0.05, 0) is 29.9 Å². The van der Waals surface area contributed by atoms with Crippen LogP contribution in [0.5, 0.6) is 0 Å². The van der Waals surface area contributed by atoms with Gasteiger partial charge in [0.1, 0.15) is 6.79 Å². The summed E-state index contributed by atoms with van der Waals surface area (Å²) in [6.45, 7) is 6.02. The van der Waals surface area contributed by atoms with Crippen LogP contribution in [0.4, 0.5) is 0 Å². The highest BCUT2D eigenvalue weighted by Gasteiger charge is 2.43. The number of primary amides is 1. The monoisotopic (exact) mass is 360 g/mol. The van der Waals surface area contributed by atoms with Gasteiger partial charge in [-0.25, -0.2) is 0 Å². The number of carbonyl (C=O) groups excluding carboxylic acids is 2. The summed E-state index contributed by atoms with van der Waals surface area (Å²) in [5.74, 6) is 0.0579. The molecule has 6 nitrogen and oxygen atoms in total. The van der Waals surface area contributed by atoms with Crippen molar-refractivity contribution in [2.45, 2.75) is 50.5 Å². The first-order valence-electron chi connectivity index (χ1n) is 9.30. The van der Waals surface area contributed by atoms with Crippen LogP contribution in [0.2, 0.25) is 0 Å². The summed E-state index contributed by atoms with van der Waals surface area (Å²) in [5, 5.41) is 0. The van der Waals surface area contributed by atoms with Gasteiger partial charge in [-0.2, -0.15) is 0 Å². The van der Waals surface area contributed by atoms with E-state index in [4.69, 9.17) is 15.2 Å².